The van der Waals surface area contributed by atoms with Gasteiger partial charge in [0, 0.05) is 6.04 Å². The zero-order chi connectivity index (χ0) is 15.3. The van der Waals surface area contributed by atoms with Crippen LogP contribution in [0.25, 0.3) is 0 Å². The van der Waals surface area contributed by atoms with Gasteiger partial charge in [0.05, 0.1) is 0 Å². The van der Waals surface area contributed by atoms with Gasteiger partial charge >= 0.3 is 12.0 Å². The van der Waals surface area contributed by atoms with Crippen molar-refractivity contribution in [1.29, 1.82) is 0 Å². The Labute approximate surface area is 121 Å². The number of carboxylic acid groups (broad SMARTS) is 1. The van der Waals surface area contributed by atoms with E-state index in [-0.39, 0.29) is 23.4 Å². The van der Waals surface area contributed by atoms with Crippen molar-refractivity contribution in [2.24, 2.45) is 11.3 Å². The van der Waals surface area contributed by atoms with Crippen molar-refractivity contribution in [3.05, 3.63) is 0 Å². The van der Waals surface area contributed by atoms with Crippen LogP contribution in [0.4, 0.5) is 4.79 Å². The van der Waals surface area contributed by atoms with Gasteiger partial charge in [0.25, 0.3) is 0 Å². The summed E-state index contributed by atoms with van der Waals surface area (Å²) in [6, 6.07) is -1.07. The molecular weight excluding hydrogens is 256 g/mol. The lowest BCUT2D eigenvalue weighted by atomic mass is 9.73. The minimum Gasteiger partial charge on any atom is -0.480 e. The number of carbonyl (C=O) groups is 2. The summed E-state index contributed by atoms with van der Waals surface area (Å²) in [4.78, 5) is 23.2. The molecule has 3 N–H and O–H groups in total. The summed E-state index contributed by atoms with van der Waals surface area (Å²) >= 11 is 0. The summed E-state index contributed by atoms with van der Waals surface area (Å²) in [5.74, 6) is -0.751. The van der Waals surface area contributed by atoms with Crippen molar-refractivity contribution in [2.45, 2.75) is 71.9 Å². The maximum absolute atomic E-state index is 12.0. The first-order valence-electron chi connectivity index (χ1n) is 7.52. The zero-order valence-electron chi connectivity index (χ0n) is 13.0. The second kappa shape index (κ2) is 6.95. The topological polar surface area (TPSA) is 78.4 Å². The number of urea groups is 1. The fourth-order valence-electron chi connectivity index (χ4n) is 2.81. The van der Waals surface area contributed by atoms with Gasteiger partial charge in [0.2, 0.25) is 0 Å². The van der Waals surface area contributed by atoms with Crippen molar-refractivity contribution < 1.29 is 14.7 Å². The number of hydrogen-bond donors (Lipinski definition) is 3. The molecule has 0 aromatic heterocycles. The molecule has 1 rings (SSSR count). The van der Waals surface area contributed by atoms with Gasteiger partial charge < -0.3 is 15.7 Å². The maximum atomic E-state index is 12.0. The number of amides is 2. The molecule has 116 valence electrons. The van der Waals surface area contributed by atoms with Gasteiger partial charge in [-0.05, 0) is 30.6 Å². The van der Waals surface area contributed by atoms with Gasteiger partial charge in [-0.15, -0.1) is 0 Å². The highest BCUT2D eigenvalue weighted by molar-refractivity contribution is 5.82. The summed E-state index contributed by atoms with van der Waals surface area (Å²) in [5, 5.41) is 14.7. The molecule has 2 atom stereocenters. The smallest absolute Gasteiger partial charge is 0.326 e. The lowest BCUT2D eigenvalue weighted by Crippen LogP contribution is -2.53. The van der Waals surface area contributed by atoms with Crippen molar-refractivity contribution >= 4 is 12.0 Å². The predicted octanol–water partition coefficient (Wildman–Crippen LogP) is 2.75. The van der Waals surface area contributed by atoms with Gasteiger partial charge in [-0.1, -0.05) is 40.5 Å². The van der Waals surface area contributed by atoms with E-state index < -0.39 is 12.0 Å². The number of carbonyl (C=O) groups excluding carboxylic acids is 1. The van der Waals surface area contributed by atoms with Gasteiger partial charge in [-0.2, -0.15) is 0 Å². The fourth-order valence-corrected chi connectivity index (χ4v) is 2.81. The van der Waals surface area contributed by atoms with Crippen LogP contribution in [0.2, 0.25) is 0 Å². The van der Waals surface area contributed by atoms with Gasteiger partial charge in [-0.25, -0.2) is 9.59 Å². The molecular formula is C15H28N2O3. The number of rotatable bonds is 5. The Morgan fingerprint density at radius 1 is 1.30 bits per heavy atom. The monoisotopic (exact) mass is 284 g/mol. The number of hydrogen-bond acceptors (Lipinski definition) is 2. The summed E-state index contributed by atoms with van der Waals surface area (Å²) in [6.07, 6.45) is 4.80. The van der Waals surface area contributed by atoms with Crippen LogP contribution in [0.3, 0.4) is 0 Å². The van der Waals surface area contributed by atoms with Crippen molar-refractivity contribution in [3.63, 3.8) is 0 Å². The van der Waals surface area contributed by atoms with E-state index in [9.17, 15) is 9.59 Å². The van der Waals surface area contributed by atoms with Gasteiger partial charge in [0.15, 0.2) is 0 Å². The zero-order valence-corrected chi connectivity index (χ0v) is 13.0. The normalized spacial score (nSPS) is 23.1. The van der Waals surface area contributed by atoms with Gasteiger partial charge in [-0.3, -0.25) is 0 Å². The molecule has 0 bridgehead atoms. The molecule has 0 aromatic rings. The molecule has 0 spiro atoms. The lowest BCUT2D eigenvalue weighted by Gasteiger charge is -2.39. The molecule has 20 heavy (non-hydrogen) atoms. The Balaban J connectivity index is 2.54. The Hall–Kier alpha value is -1.26. The first kappa shape index (κ1) is 16.8. The van der Waals surface area contributed by atoms with E-state index in [1.54, 1.807) is 0 Å². The Morgan fingerprint density at radius 3 is 2.45 bits per heavy atom. The Morgan fingerprint density at radius 2 is 1.95 bits per heavy atom. The third-order valence-corrected chi connectivity index (χ3v) is 4.12. The number of carboxylic acids is 1. The maximum Gasteiger partial charge on any atom is 0.326 e. The Kier molecular flexibility index (Phi) is 5.84. The summed E-state index contributed by atoms with van der Waals surface area (Å²) < 4.78 is 0. The standard InChI is InChI=1S/C15H28N2O3/c1-10(2)9-11(13(18)19)16-14(20)17-12-7-5-6-8-15(12,3)4/h10-12H,5-9H2,1-4H3,(H,18,19)(H2,16,17,20)/t11-,12?/m1/s1. The predicted molar refractivity (Wildman–Crippen MR) is 78.6 cm³/mol. The third kappa shape index (κ3) is 5.02. The highest BCUT2D eigenvalue weighted by Crippen LogP contribution is 2.35. The minimum absolute atomic E-state index is 0.0758. The molecule has 5 heteroatoms. The van der Waals surface area contributed by atoms with Crippen LogP contribution in [0.1, 0.15) is 59.8 Å². The molecule has 0 aromatic carbocycles. The average Bonchev–Trinajstić information content (AvgIpc) is 2.30. The van der Waals surface area contributed by atoms with Crippen molar-refractivity contribution in [3.8, 4) is 0 Å². The molecule has 5 nitrogen and oxygen atoms in total. The molecule has 1 aliphatic rings. The number of aliphatic carboxylic acids is 1. The van der Waals surface area contributed by atoms with Gasteiger partial charge in [0.1, 0.15) is 6.04 Å². The molecule has 1 unspecified atom stereocenters. The van der Waals surface area contributed by atoms with Crippen molar-refractivity contribution in [2.75, 3.05) is 0 Å². The summed E-state index contributed by atoms with van der Waals surface area (Å²) in [6.45, 7) is 8.19. The molecule has 0 radical (unpaired) electrons. The molecule has 2 amide bonds. The van der Waals surface area contributed by atoms with E-state index in [0.717, 1.165) is 19.3 Å². The molecule has 1 saturated carbocycles. The first-order chi connectivity index (χ1) is 9.22. The second-order valence-electron chi connectivity index (χ2n) is 6.93. The average molecular weight is 284 g/mol. The molecule has 1 fully saturated rings. The second-order valence-corrected chi connectivity index (χ2v) is 6.93. The van der Waals surface area contributed by atoms with Crippen LogP contribution < -0.4 is 10.6 Å². The van der Waals surface area contributed by atoms with Crippen LogP contribution in [-0.2, 0) is 4.79 Å². The molecule has 1 aliphatic carbocycles. The SMILES string of the molecule is CC(C)C[C@@H](NC(=O)NC1CCCCC1(C)C)C(=O)O. The van der Waals surface area contributed by atoms with E-state index in [4.69, 9.17) is 5.11 Å². The minimum atomic E-state index is -0.975. The van der Waals surface area contributed by atoms with Crippen LogP contribution in [0, 0.1) is 11.3 Å². The van der Waals surface area contributed by atoms with E-state index >= 15 is 0 Å². The highest BCUT2D eigenvalue weighted by Gasteiger charge is 2.33. The van der Waals surface area contributed by atoms with E-state index in [1.807, 2.05) is 13.8 Å². The largest absolute Gasteiger partial charge is 0.480 e. The highest BCUT2D eigenvalue weighted by atomic mass is 16.4. The van der Waals surface area contributed by atoms with Crippen LogP contribution >= 0.6 is 0 Å². The first-order valence-corrected chi connectivity index (χ1v) is 7.52. The quantitative estimate of drug-likeness (QED) is 0.726. The summed E-state index contributed by atoms with van der Waals surface area (Å²) in [5.41, 5.74) is 0.0758. The van der Waals surface area contributed by atoms with E-state index in [2.05, 4.69) is 24.5 Å². The number of nitrogens with one attached hydrogen (secondary N) is 2. The third-order valence-electron chi connectivity index (χ3n) is 4.12. The molecule has 0 heterocycles. The lowest BCUT2D eigenvalue weighted by molar-refractivity contribution is -0.139. The molecule has 0 aliphatic heterocycles. The van der Waals surface area contributed by atoms with Crippen LogP contribution in [-0.4, -0.2) is 29.2 Å². The van der Waals surface area contributed by atoms with E-state index in [1.165, 1.54) is 6.42 Å². The molecule has 0 saturated heterocycles. The summed E-state index contributed by atoms with van der Waals surface area (Å²) in [7, 11) is 0. The Bertz CT molecular complexity index is 353. The van der Waals surface area contributed by atoms with Crippen molar-refractivity contribution in [1.82, 2.24) is 10.6 Å². The fraction of sp³-hybridized carbons (Fsp3) is 0.867. The van der Waals surface area contributed by atoms with Crippen LogP contribution in [0.5, 0.6) is 0 Å². The van der Waals surface area contributed by atoms with Crippen LogP contribution in [0.15, 0.2) is 0 Å². The van der Waals surface area contributed by atoms with E-state index in [0.29, 0.717) is 6.42 Å².